The molecule has 0 aliphatic carbocycles. The van der Waals surface area contributed by atoms with E-state index in [-0.39, 0.29) is 0 Å². The molecular formula is C15H33N3. The molecule has 1 N–H and O–H groups in total. The van der Waals surface area contributed by atoms with Crippen LogP contribution in [0.3, 0.4) is 0 Å². The Morgan fingerprint density at radius 3 is 2.39 bits per heavy atom. The summed E-state index contributed by atoms with van der Waals surface area (Å²) in [6, 6.07) is 1.26. The Kier molecular flexibility index (Phi) is 7.20. The predicted octanol–water partition coefficient (Wildman–Crippen LogP) is 2.04. The second kappa shape index (κ2) is 8.13. The van der Waals surface area contributed by atoms with Crippen LogP contribution in [-0.2, 0) is 0 Å². The van der Waals surface area contributed by atoms with Crippen molar-refractivity contribution in [2.75, 3.05) is 40.3 Å². The lowest BCUT2D eigenvalue weighted by Gasteiger charge is -2.36. The Morgan fingerprint density at radius 2 is 1.89 bits per heavy atom. The first kappa shape index (κ1) is 15.9. The molecule has 3 heteroatoms. The monoisotopic (exact) mass is 255 g/mol. The largest absolute Gasteiger partial charge is 0.313 e. The van der Waals surface area contributed by atoms with Gasteiger partial charge in [-0.2, -0.15) is 0 Å². The third-order valence-electron chi connectivity index (χ3n) is 4.57. The summed E-state index contributed by atoms with van der Waals surface area (Å²) in [5.74, 6) is 0.896. The number of likely N-dealkylation sites (N-methyl/N-ethyl adjacent to an activating group) is 2. The highest BCUT2D eigenvalue weighted by molar-refractivity contribution is 4.81. The quantitative estimate of drug-likeness (QED) is 0.751. The van der Waals surface area contributed by atoms with Crippen molar-refractivity contribution >= 4 is 0 Å². The van der Waals surface area contributed by atoms with Gasteiger partial charge in [0, 0.05) is 18.6 Å². The number of piperidine rings is 1. The molecule has 18 heavy (non-hydrogen) atoms. The summed E-state index contributed by atoms with van der Waals surface area (Å²) in [5.41, 5.74) is 0. The van der Waals surface area contributed by atoms with E-state index in [4.69, 9.17) is 0 Å². The molecule has 0 radical (unpaired) electrons. The summed E-state index contributed by atoms with van der Waals surface area (Å²) < 4.78 is 0. The molecule has 0 aromatic heterocycles. The molecule has 0 aromatic rings. The Balaban J connectivity index is 2.36. The van der Waals surface area contributed by atoms with Crippen molar-refractivity contribution < 1.29 is 0 Å². The molecule has 0 aromatic carbocycles. The van der Waals surface area contributed by atoms with Crippen molar-refractivity contribution in [3.05, 3.63) is 0 Å². The van der Waals surface area contributed by atoms with Crippen LogP contribution in [0.25, 0.3) is 0 Å². The summed E-state index contributed by atoms with van der Waals surface area (Å²) in [6.45, 7) is 11.7. The van der Waals surface area contributed by atoms with Crippen LogP contribution in [-0.4, -0.2) is 62.2 Å². The Bertz CT molecular complexity index is 212. The number of nitrogens with one attached hydrogen (secondary N) is 1. The number of hydrogen-bond acceptors (Lipinski definition) is 3. The zero-order valence-corrected chi connectivity index (χ0v) is 13.1. The number of rotatable bonds is 7. The summed E-state index contributed by atoms with van der Waals surface area (Å²) in [6.07, 6.45) is 3.95. The van der Waals surface area contributed by atoms with E-state index < -0.39 is 0 Å². The lowest BCUT2D eigenvalue weighted by molar-refractivity contribution is 0.136. The maximum atomic E-state index is 3.61. The van der Waals surface area contributed by atoms with Gasteiger partial charge in [0.2, 0.25) is 0 Å². The molecule has 0 saturated carbocycles. The molecule has 2 unspecified atom stereocenters. The highest BCUT2D eigenvalue weighted by atomic mass is 15.2. The predicted molar refractivity (Wildman–Crippen MR) is 80.1 cm³/mol. The molecule has 3 nitrogen and oxygen atoms in total. The van der Waals surface area contributed by atoms with Gasteiger partial charge < -0.3 is 15.1 Å². The first-order chi connectivity index (χ1) is 8.58. The minimum Gasteiger partial charge on any atom is -0.313 e. The van der Waals surface area contributed by atoms with E-state index in [0.29, 0.717) is 12.1 Å². The van der Waals surface area contributed by atoms with Crippen LogP contribution in [0, 0.1) is 5.92 Å². The molecule has 1 rings (SSSR count). The van der Waals surface area contributed by atoms with Crippen LogP contribution in [0.5, 0.6) is 0 Å². The number of nitrogens with zero attached hydrogens (tertiary/aromatic N) is 2. The van der Waals surface area contributed by atoms with Gasteiger partial charge in [-0.3, -0.25) is 0 Å². The van der Waals surface area contributed by atoms with E-state index >= 15 is 0 Å². The fraction of sp³-hybridized carbons (Fsp3) is 1.00. The lowest BCUT2D eigenvalue weighted by Crippen LogP contribution is -2.48. The minimum atomic E-state index is 0.631. The van der Waals surface area contributed by atoms with Gasteiger partial charge in [0.25, 0.3) is 0 Å². The minimum absolute atomic E-state index is 0.631. The van der Waals surface area contributed by atoms with Crippen LogP contribution in [0.15, 0.2) is 0 Å². The van der Waals surface area contributed by atoms with Gasteiger partial charge in [-0.25, -0.2) is 0 Å². The van der Waals surface area contributed by atoms with E-state index in [1.165, 1.54) is 38.9 Å². The molecule has 108 valence electrons. The average molecular weight is 255 g/mol. The molecule has 1 saturated heterocycles. The highest BCUT2D eigenvalue weighted by Crippen LogP contribution is 2.18. The molecule has 1 aliphatic heterocycles. The van der Waals surface area contributed by atoms with E-state index in [2.05, 4.69) is 50.0 Å². The van der Waals surface area contributed by atoms with Crippen molar-refractivity contribution in [2.45, 2.75) is 52.1 Å². The van der Waals surface area contributed by atoms with Crippen molar-refractivity contribution in [1.29, 1.82) is 0 Å². The summed E-state index contributed by atoms with van der Waals surface area (Å²) in [7, 11) is 4.53. The van der Waals surface area contributed by atoms with Crippen LogP contribution in [0.4, 0.5) is 0 Å². The van der Waals surface area contributed by atoms with Gasteiger partial charge in [-0.05, 0) is 65.8 Å². The normalized spacial score (nSPS) is 22.3. The van der Waals surface area contributed by atoms with Gasteiger partial charge >= 0.3 is 0 Å². The first-order valence-electron chi connectivity index (χ1n) is 7.70. The first-order valence-corrected chi connectivity index (χ1v) is 7.70. The molecule has 0 amide bonds. The summed E-state index contributed by atoms with van der Waals surface area (Å²) in [4.78, 5) is 5.01. The zero-order chi connectivity index (χ0) is 13.5. The van der Waals surface area contributed by atoms with Crippen LogP contribution in [0.2, 0.25) is 0 Å². The van der Waals surface area contributed by atoms with Crippen molar-refractivity contribution in [3.8, 4) is 0 Å². The van der Waals surface area contributed by atoms with Gasteiger partial charge in [0.15, 0.2) is 0 Å². The molecule has 0 bridgehead atoms. The van der Waals surface area contributed by atoms with E-state index in [1.807, 2.05) is 0 Å². The van der Waals surface area contributed by atoms with E-state index in [9.17, 15) is 0 Å². The summed E-state index contributed by atoms with van der Waals surface area (Å²) in [5, 5.41) is 3.61. The van der Waals surface area contributed by atoms with E-state index in [0.717, 1.165) is 12.5 Å². The standard InChI is InChI=1S/C15H33N3/c1-6-15(16-7-2)13(3)18(5)12-14-8-10-17(4)11-9-14/h13-16H,6-12H2,1-5H3. The van der Waals surface area contributed by atoms with Gasteiger partial charge in [-0.15, -0.1) is 0 Å². The average Bonchev–Trinajstić information content (AvgIpc) is 2.37. The van der Waals surface area contributed by atoms with Gasteiger partial charge in [0.1, 0.15) is 0 Å². The van der Waals surface area contributed by atoms with Crippen molar-refractivity contribution in [3.63, 3.8) is 0 Å². The SMILES string of the molecule is CCNC(CC)C(C)N(C)CC1CCN(C)CC1. The summed E-state index contributed by atoms with van der Waals surface area (Å²) >= 11 is 0. The molecule has 0 spiro atoms. The van der Waals surface area contributed by atoms with Crippen molar-refractivity contribution in [1.82, 2.24) is 15.1 Å². The maximum absolute atomic E-state index is 3.61. The highest BCUT2D eigenvalue weighted by Gasteiger charge is 2.23. The van der Waals surface area contributed by atoms with Gasteiger partial charge in [0.05, 0.1) is 0 Å². The topological polar surface area (TPSA) is 18.5 Å². The van der Waals surface area contributed by atoms with Crippen LogP contribution < -0.4 is 5.32 Å². The molecular weight excluding hydrogens is 222 g/mol. The third kappa shape index (κ3) is 4.87. The Hall–Kier alpha value is -0.120. The second-order valence-electron chi connectivity index (χ2n) is 6.00. The molecule has 1 fully saturated rings. The Morgan fingerprint density at radius 1 is 1.28 bits per heavy atom. The van der Waals surface area contributed by atoms with Crippen LogP contribution in [0.1, 0.15) is 40.0 Å². The van der Waals surface area contributed by atoms with Gasteiger partial charge in [-0.1, -0.05) is 13.8 Å². The molecule has 2 atom stereocenters. The molecule has 1 aliphatic rings. The Labute approximate surface area is 114 Å². The zero-order valence-electron chi connectivity index (χ0n) is 13.1. The van der Waals surface area contributed by atoms with E-state index in [1.54, 1.807) is 0 Å². The second-order valence-corrected chi connectivity index (χ2v) is 6.00. The lowest BCUT2D eigenvalue weighted by atomic mass is 9.95. The fourth-order valence-corrected chi connectivity index (χ4v) is 3.04. The number of hydrogen-bond donors (Lipinski definition) is 1. The fourth-order valence-electron chi connectivity index (χ4n) is 3.04. The third-order valence-corrected chi connectivity index (χ3v) is 4.57. The smallest absolute Gasteiger partial charge is 0.0218 e. The molecule has 1 heterocycles. The van der Waals surface area contributed by atoms with Crippen molar-refractivity contribution in [2.24, 2.45) is 5.92 Å². The maximum Gasteiger partial charge on any atom is 0.0218 e. The van der Waals surface area contributed by atoms with Crippen LogP contribution >= 0.6 is 0 Å². The number of likely N-dealkylation sites (tertiary alicyclic amines) is 1.